The van der Waals surface area contributed by atoms with Crippen LogP contribution in [0, 0.1) is 0 Å². The van der Waals surface area contributed by atoms with Crippen molar-refractivity contribution in [1.82, 2.24) is 9.62 Å². The molecule has 1 aliphatic heterocycles. The molecule has 0 aliphatic carbocycles. The third-order valence-corrected chi connectivity index (χ3v) is 5.84. The van der Waals surface area contributed by atoms with Gasteiger partial charge in [-0.2, -0.15) is 0 Å². The molecule has 108 valence electrons. The molecule has 1 fully saturated rings. The average molecular weight is 276 g/mol. The minimum Gasteiger partial charge on any atom is -0.311 e. The highest BCUT2D eigenvalue weighted by molar-refractivity contribution is 7.89. The molecule has 4 nitrogen and oxygen atoms in total. The summed E-state index contributed by atoms with van der Waals surface area (Å²) in [6.45, 7) is 7.67. The first-order valence-electron chi connectivity index (χ1n) is 7.27. The fourth-order valence-electron chi connectivity index (χ4n) is 2.55. The molecule has 0 aromatic heterocycles. The third kappa shape index (κ3) is 4.52. The van der Waals surface area contributed by atoms with Crippen LogP contribution in [0.1, 0.15) is 52.9 Å². The summed E-state index contributed by atoms with van der Waals surface area (Å²) in [7, 11) is -2.99. The maximum absolute atomic E-state index is 11.9. The van der Waals surface area contributed by atoms with Crippen molar-refractivity contribution >= 4 is 10.0 Å². The fraction of sp³-hybridized carbons (Fsp3) is 1.00. The van der Waals surface area contributed by atoms with Gasteiger partial charge in [-0.25, -0.2) is 12.7 Å². The number of hydrogen-bond acceptors (Lipinski definition) is 3. The summed E-state index contributed by atoms with van der Waals surface area (Å²) in [6, 6.07) is 1.07. The molecule has 0 unspecified atom stereocenters. The molecule has 0 bridgehead atoms. The van der Waals surface area contributed by atoms with Gasteiger partial charge >= 0.3 is 0 Å². The van der Waals surface area contributed by atoms with Crippen LogP contribution in [0.5, 0.6) is 0 Å². The van der Waals surface area contributed by atoms with Crippen LogP contribution in [-0.2, 0) is 10.0 Å². The van der Waals surface area contributed by atoms with E-state index < -0.39 is 10.0 Å². The van der Waals surface area contributed by atoms with Crippen LogP contribution in [-0.4, -0.2) is 43.6 Å². The molecule has 18 heavy (non-hydrogen) atoms. The van der Waals surface area contributed by atoms with Crippen LogP contribution >= 0.6 is 0 Å². The van der Waals surface area contributed by atoms with Gasteiger partial charge in [0.15, 0.2) is 0 Å². The molecule has 1 rings (SSSR count). The van der Waals surface area contributed by atoms with Crippen molar-refractivity contribution in [2.45, 2.75) is 65.0 Å². The molecular formula is C13H28N2O2S. The second-order valence-corrected chi connectivity index (χ2v) is 7.26. The van der Waals surface area contributed by atoms with E-state index in [1.54, 1.807) is 4.31 Å². The first-order chi connectivity index (χ1) is 8.53. The van der Waals surface area contributed by atoms with Crippen LogP contribution in [0.3, 0.4) is 0 Å². The van der Waals surface area contributed by atoms with Gasteiger partial charge in [-0.15, -0.1) is 0 Å². The van der Waals surface area contributed by atoms with E-state index in [4.69, 9.17) is 0 Å². The summed E-state index contributed by atoms with van der Waals surface area (Å²) in [5, 5.41) is 3.64. The lowest BCUT2D eigenvalue weighted by molar-refractivity contribution is 0.268. The Balaban J connectivity index is 2.41. The summed E-state index contributed by atoms with van der Waals surface area (Å²) in [6.07, 6.45) is 4.88. The molecule has 0 atom stereocenters. The zero-order valence-electron chi connectivity index (χ0n) is 12.0. The normalized spacial score (nSPS) is 19.6. The van der Waals surface area contributed by atoms with E-state index in [2.05, 4.69) is 19.2 Å². The van der Waals surface area contributed by atoms with E-state index in [0.717, 1.165) is 25.7 Å². The van der Waals surface area contributed by atoms with Crippen LogP contribution in [0.25, 0.3) is 0 Å². The second-order valence-electron chi connectivity index (χ2n) is 5.17. The fourth-order valence-corrected chi connectivity index (χ4v) is 4.09. The lowest BCUT2D eigenvalue weighted by Crippen LogP contribution is -2.47. The maximum Gasteiger partial charge on any atom is 0.214 e. The SMILES string of the molecule is CCCS(=O)(=O)N1CCC(NC(CC)CC)CC1. The quantitative estimate of drug-likeness (QED) is 0.773. The topological polar surface area (TPSA) is 49.4 Å². The summed E-state index contributed by atoms with van der Waals surface area (Å²) >= 11 is 0. The molecule has 1 saturated heterocycles. The Labute approximate surface area is 112 Å². The lowest BCUT2D eigenvalue weighted by atomic mass is 10.0. The van der Waals surface area contributed by atoms with Gasteiger partial charge in [0.05, 0.1) is 5.75 Å². The molecule has 0 spiro atoms. The van der Waals surface area contributed by atoms with Crippen molar-refractivity contribution < 1.29 is 8.42 Å². The molecule has 5 heteroatoms. The van der Waals surface area contributed by atoms with Crippen LogP contribution in [0.2, 0.25) is 0 Å². The molecule has 0 saturated carbocycles. The number of hydrogen-bond donors (Lipinski definition) is 1. The Morgan fingerprint density at radius 3 is 2.17 bits per heavy atom. The molecule has 1 N–H and O–H groups in total. The molecule has 0 amide bonds. The van der Waals surface area contributed by atoms with E-state index in [-0.39, 0.29) is 5.75 Å². The second kappa shape index (κ2) is 7.46. The van der Waals surface area contributed by atoms with E-state index in [9.17, 15) is 8.42 Å². The van der Waals surface area contributed by atoms with Crippen molar-refractivity contribution in [2.75, 3.05) is 18.8 Å². The highest BCUT2D eigenvalue weighted by Crippen LogP contribution is 2.16. The minimum absolute atomic E-state index is 0.289. The van der Waals surface area contributed by atoms with Gasteiger partial charge in [0, 0.05) is 25.2 Å². The average Bonchev–Trinajstić information content (AvgIpc) is 2.36. The Kier molecular flexibility index (Phi) is 6.60. The smallest absolute Gasteiger partial charge is 0.214 e. The number of nitrogens with one attached hydrogen (secondary N) is 1. The first-order valence-corrected chi connectivity index (χ1v) is 8.88. The number of nitrogens with zero attached hydrogens (tertiary/aromatic N) is 1. The monoisotopic (exact) mass is 276 g/mol. The summed E-state index contributed by atoms with van der Waals surface area (Å²) in [5.41, 5.74) is 0. The Hall–Kier alpha value is -0.130. The van der Waals surface area contributed by atoms with Crippen LogP contribution in [0.15, 0.2) is 0 Å². The van der Waals surface area contributed by atoms with Gasteiger partial charge in [0.1, 0.15) is 0 Å². The van der Waals surface area contributed by atoms with E-state index in [0.29, 0.717) is 31.6 Å². The summed E-state index contributed by atoms with van der Waals surface area (Å²) in [5.74, 6) is 0.289. The Morgan fingerprint density at radius 2 is 1.72 bits per heavy atom. The van der Waals surface area contributed by atoms with Gasteiger partial charge in [-0.05, 0) is 32.1 Å². The minimum atomic E-state index is -2.99. The number of rotatable bonds is 7. The largest absolute Gasteiger partial charge is 0.311 e. The van der Waals surface area contributed by atoms with Crippen LogP contribution < -0.4 is 5.32 Å². The zero-order valence-corrected chi connectivity index (χ0v) is 12.8. The Morgan fingerprint density at radius 1 is 1.17 bits per heavy atom. The summed E-state index contributed by atoms with van der Waals surface area (Å²) < 4.78 is 25.5. The predicted molar refractivity (Wildman–Crippen MR) is 76.2 cm³/mol. The lowest BCUT2D eigenvalue weighted by Gasteiger charge is -2.33. The standard InChI is InChI=1S/C13H28N2O2S/c1-4-11-18(16,17)15-9-7-13(8-10-15)14-12(5-2)6-3/h12-14H,4-11H2,1-3H3. The van der Waals surface area contributed by atoms with Gasteiger partial charge < -0.3 is 5.32 Å². The molecular weight excluding hydrogens is 248 g/mol. The summed E-state index contributed by atoms with van der Waals surface area (Å²) in [4.78, 5) is 0. The number of piperidine rings is 1. The highest BCUT2D eigenvalue weighted by Gasteiger charge is 2.27. The van der Waals surface area contributed by atoms with Crippen molar-refractivity contribution in [2.24, 2.45) is 0 Å². The molecule has 1 aliphatic rings. The number of sulfonamides is 1. The van der Waals surface area contributed by atoms with Gasteiger partial charge in [0.25, 0.3) is 0 Å². The van der Waals surface area contributed by atoms with E-state index in [1.807, 2.05) is 6.92 Å². The van der Waals surface area contributed by atoms with E-state index in [1.165, 1.54) is 0 Å². The highest BCUT2D eigenvalue weighted by atomic mass is 32.2. The van der Waals surface area contributed by atoms with Crippen LogP contribution in [0.4, 0.5) is 0 Å². The van der Waals surface area contributed by atoms with Crippen molar-refractivity contribution in [3.8, 4) is 0 Å². The molecule has 1 heterocycles. The Bertz CT molecular complexity index is 318. The van der Waals surface area contributed by atoms with E-state index >= 15 is 0 Å². The maximum atomic E-state index is 11.9. The van der Waals surface area contributed by atoms with Gasteiger partial charge in [0.2, 0.25) is 10.0 Å². The molecule has 0 aromatic carbocycles. The molecule has 0 radical (unpaired) electrons. The molecule has 0 aromatic rings. The zero-order chi connectivity index (χ0) is 13.6. The van der Waals surface area contributed by atoms with Gasteiger partial charge in [-0.3, -0.25) is 0 Å². The first kappa shape index (κ1) is 15.9. The van der Waals surface area contributed by atoms with Crippen molar-refractivity contribution in [3.63, 3.8) is 0 Å². The van der Waals surface area contributed by atoms with Crippen molar-refractivity contribution in [1.29, 1.82) is 0 Å². The third-order valence-electron chi connectivity index (χ3n) is 3.77. The van der Waals surface area contributed by atoms with Gasteiger partial charge in [-0.1, -0.05) is 20.8 Å². The predicted octanol–water partition coefficient (Wildman–Crippen LogP) is 1.97. The van der Waals surface area contributed by atoms with Crippen molar-refractivity contribution in [3.05, 3.63) is 0 Å².